The van der Waals surface area contributed by atoms with Crippen molar-refractivity contribution in [2.45, 2.75) is 0 Å². The molecule has 2 rings (SSSR count). The molecule has 0 saturated carbocycles. The quantitative estimate of drug-likeness (QED) is 0.672. The predicted molar refractivity (Wildman–Crippen MR) is 79.0 cm³/mol. The van der Waals surface area contributed by atoms with Gasteiger partial charge in [0.15, 0.2) is 11.5 Å². The summed E-state index contributed by atoms with van der Waals surface area (Å²) in [5.41, 5.74) is 1.15. The van der Waals surface area contributed by atoms with Gasteiger partial charge in [0.05, 0.1) is 30.9 Å². The monoisotopic (exact) mass is 289 g/mol. The zero-order valence-electron chi connectivity index (χ0n) is 11.9. The van der Waals surface area contributed by atoms with Crippen molar-refractivity contribution in [1.29, 1.82) is 0 Å². The fourth-order valence-corrected chi connectivity index (χ4v) is 1.89. The van der Waals surface area contributed by atoms with Crippen LogP contribution in [0.15, 0.2) is 30.3 Å². The van der Waals surface area contributed by atoms with Crippen LogP contribution in [0.4, 0.5) is 11.5 Å². The van der Waals surface area contributed by atoms with E-state index >= 15 is 0 Å². The molecule has 0 fully saturated rings. The first-order chi connectivity index (χ1) is 10.1. The molecule has 1 heterocycles. The average Bonchev–Trinajstić information content (AvgIpc) is 2.53. The second-order valence-corrected chi connectivity index (χ2v) is 4.17. The Morgan fingerprint density at radius 2 is 1.86 bits per heavy atom. The molecule has 110 valence electrons. The lowest BCUT2D eigenvalue weighted by Gasteiger charge is -2.10. The van der Waals surface area contributed by atoms with Gasteiger partial charge in [0.2, 0.25) is 0 Å². The summed E-state index contributed by atoms with van der Waals surface area (Å²) >= 11 is 0. The van der Waals surface area contributed by atoms with E-state index in [1.165, 1.54) is 19.2 Å². The molecule has 0 saturated heterocycles. The number of hydrogen-bond acceptors (Lipinski definition) is 6. The number of benzene rings is 1. The van der Waals surface area contributed by atoms with Gasteiger partial charge >= 0.3 is 0 Å². The highest BCUT2D eigenvalue weighted by atomic mass is 16.6. The lowest BCUT2D eigenvalue weighted by molar-refractivity contribution is -0.384. The van der Waals surface area contributed by atoms with Crippen LogP contribution < -0.4 is 14.8 Å². The molecule has 0 spiro atoms. The van der Waals surface area contributed by atoms with E-state index in [-0.39, 0.29) is 5.69 Å². The second-order valence-electron chi connectivity index (χ2n) is 4.17. The van der Waals surface area contributed by atoms with E-state index in [0.29, 0.717) is 28.6 Å². The topological polar surface area (TPSA) is 86.5 Å². The molecule has 21 heavy (non-hydrogen) atoms. The third-order valence-electron chi connectivity index (χ3n) is 2.96. The van der Waals surface area contributed by atoms with Gasteiger partial charge in [-0.2, -0.15) is 0 Å². The van der Waals surface area contributed by atoms with E-state index in [1.807, 2.05) is 0 Å². The van der Waals surface area contributed by atoms with Crippen LogP contribution in [-0.2, 0) is 0 Å². The van der Waals surface area contributed by atoms with Gasteiger partial charge in [-0.15, -0.1) is 0 Å². The molecule has 0 aliphatic rings. The normalized spacial score (nSPS) is 10.0. The Morgan fingerprint density at radius 1 is 1.14 bits per heavy atom. The Kier molecular flexibility index (Phi) is 4.22. The van der Waals surface area contributed by atoms with Gasteiger partial charge in [0, 0.05) is 18.7 Å². The molecule has 0 bridgehead atoms. The number of ether oxygens (including phenoxy) is 2. The summed E-state index contributed by atoms with van der Waals surface area (Å²) in [6.07, 6.45) is 0. The fourth-order valence-electron chi connectivity index (χ4n) is 1.89. The van der Waals surface area contributed by atoms with Crippen LogP contribution in [0, 0.1) is 10.1 Å². The smallest absolute Gasteiger partial charge is 0.275 e. The number of nitrogens with one attached hydrogen (secondary N) is 1. The number of rotatable bonds is 5. The van der Waals surface area contributed by atoms with Crippen molar-refractivity contribution in [3.05, 3.63) is 40.4 Å². The zero-order chi connectivity index (χ0) is 15.4. The van der Waals surface area contributed by atoms with Gasteiger partial charge in [-0.3, -0.25) is 10.1 Å². The van der Waals surface area contributed by atoms with Crippen LogP contribution in [-0.4, -0.2) is 31.2 Å². The number of nitrogens with zero attached hydrogens (tertiary/aromatic N) is 2. The third-order valence-corrected chi connectivity index (χ3v) is 2.96. The van der Waals surface area contributed by atoms with Crippen LogP contribution in [0.3, 0.4) is 0 Å². The van der Waals surface area contributed by atoms with E-state index in [9.17, 15) is 10.1 Å². The predicted octanol–water partition coefficient (Wildman–Crippen LogP) is 2.72. The molecule has 7 nitrogen and oxygen atoms in total. The number of hydrogen-bond donors (Lipinski definition) is 1. The average molecular weight is 289 g/mol. The van der Waals surface area contributed by atoms with E-state index in [2.05, 4.69) is 10.3 Å². The Balaban J connectivity index is 2.55. The minimum Gasteiger partial charge on any atom is -0.493 e. The Hall–Kier alpha value is -2.83. The molecule has 0 radical (unpaired) electrons. The van der Waals surface area contributed by atoms with Crippen molar-refractivity contribution in [3.63, 3.8) is 0 Å². The third kappa shape index (κ3) is 3.02. The molecule has 0 amide bonds. The number of anilines is 1. The first kappa shape index (κ1) is 14.6. The van der Waals surface area contributed by atoms with Gasteiger partial charge in [0.25, 0.3) is 5.69 Å². The van der Waals surface area contributed by atoms with Gasteiger partial charge < -0.3 is 14.8 Å². The summed E-state index contributed by atoms with van der Waals surface area (Å²) in [7, 11) is 4.73. The van der Waals surface area contributed by atoms with Crippen LogP contribution in [0.2, 0.25) is 0 Å². The molecular weight excluding hydrogens is 274 g/mol. The molecule has 0 aliphatic carbocycles. The van der Waals surface area contributed by atoms with Gasteiger partial charge in [0.1, 0.15) is 5.82 Å². The van der Waals surface area contributed by atoms with Gasteiger partial charge in [-0.25, -0.2) is 4.98 Å². The van der Waals surface area contributed by atoms with Crippen molar-refractivity contribution in [3.8, 4) is 22.8 Å². The molecule has 1 aromatic heterocycles. The van der Waals surface area contributed by atoms with Crippen molar-refractivity contribution < 1.29 is 14.4 Å². The van der Waals surface area contributed by atoms with E-state index < -0.39 is 4.92 Å². The highest BCUT2D eigenvalue weighted by Gasteiger charge is 2.13. The van der Waals surface area contributed by atoms with Crippen molar-refractivity contribution >= 4 is 11.5 Å². The maximum atomic E-state index is 11.0. The summed E-state index contributed by atoms with van der Waals surface area (Å²) < 4.78 is 10.4. The standard InChI is InChI=1S/C14H15N3O4/c1-15-14-8-10(17(18)19)7-11(16-14)9-4-5-12(20-2)13(6-9)21-3/h4-8H,1-3H3,(H,15,16). The first-order valence-corrected chi connectivity index (χ1v) is 6.15. The van der Waals surface area contributed by atoms with Crippen LogP contribution in [0.1, 0.15) is 0 Å². The summed E-state index contributed by atoms with van der Waals surface area (Å²) in [5.74, 6) is 1.55. The van der Waals surface area contributed by atoms with E-state index in [1.54, 1.807) is 32.4 Å². The van der Waals surface area contributed by atoms with Crippen molar-refractivity contribution in [1.82, 2.24) is 4.98 Å². The Morgan fingerprint density at radius 3 is 2.43 bits per heavy atom. The van der Waals surface area contributed by atoms with Gasteiger partial charge in [-0.1, -0.05) is 0 Å². The number of nitro groups is 1. The summed E-state index contributed by atoms with van der Waals surface area (Å²) in [5, 5.41) is 13.8. The molecular formula is C14H15N3O4. The molecule has 1 N–H and O–H groups in total. The minimum atomic E-state index is -0.452. The molecule has 7 heteroatoms. The highest BCUT2D eigenvalue weighted by molar-refractivity contribution is 5.68. The van der Waals surface area contributed by atoms with E-state index in [4.69, 9.17) is 9.47 Å². The van der Waals surface area contributed by atoms with Crippen LogP contribution >= 0.6 is 0 Å². The second kappa shape index (κ2) is 6.08. The maximum absolute atomic E-state index is 11.0. The highest BCUT2D eigenvalue weighted by Crippen LogP contribution is 2.33. The lowest BCUT2D eigenvalue weighted by atomic mass is 10.1. The molecule has 0 atom stereocenters. The van der Waals surface area contributed by atoms with Crippen LogP contribution in [0.5, 0.6) is 11.5 Å². The number of aromatic nitrogens is 1. The fraction of sp³-hybridized carbons (Fsp3) is 0.214. The molecule has 0 unspecified atom stereocenters. The summed E-state index contributed by atoms with van der Waals surface area (Å²) in [4.78, 5) is 14.9. The molecule has 1 aromatic carbocycles. The largest absolute Gasteiger partial charge is 0.493 e. The Labute approximate surface area is 121 Å². The van der Waals surface area contributed by atoms with E-state index in [0.717, 1.165) is 0 Å². The zero-order valence-corrected chi connectivity index (χ0v) is 11.9. The number of methoxy groups -OCH3 is 2. The summed E-state index contributed by atoms with van der Waals surface area (Å²) in [6, 6.07) is 8.03. The summed E-state index contributed by atoms with van der Waals surface area (Å²) in [6.45, 7) is 0. The maximum Gasteiger partial charge on any atom is 0.275 e. The number of pyridine rings is 1. The van der Waals surface area contributed by atoms with Crippen molar-refractivity contribution in [2.24, 2.45) is 0 Å². The molecule has 0 aliphatic heterocycles. The van der Waals surface area contributed by atoms with Gasteiger partial charge in [-0.05, 0) is 18.2 Å². The van der Waals surface area contributed by atoms with Crippen LogP contribution in [0.25, 0.3) is 11.3 Å². The van der Waals surface area contributed by atoms with Crippen molar-refractivity contribution in [2.75, 3.05) is 26.6 Å². The lowest BCUT2D eigenvalue weighted by Crippen LogP contribution is -1.98. The SMILES string of the molecule is CNc1cc([N+](=O)[O-])cc(-c2ccc(OC)c(OC)c2)n1. The minimum absolute atomic E-state index is 0.0286. The molecule has 2 aromatic rings. The first-order valence-electron chi connectivity index (χ1n) is 6.15. The Bertz CT molecular complexity index is 673.